The monoisotopic (exact) mass is 606 g/mol. The molecule has 3 saturated carbocycles. The van der Waals surface area contributed by atoms with Crippen molar-refractivity contribution in [2.45, 2.75) is 110 Å². The Bertz CT molecular complexity index is 1080. The van der Waals surface area contributed by atoms with E-state index in [0.717, 1.165) is 31.3 Å². The number of carbonyl (C=O) groups excluding carboxylic acids is 2. The topological polar surface area (TPSA) is 110 Å². The fourth-order valence-corrected chi connectivity index (χ4v) is 9.07. The van der Waals surface area contributed by atoms with E-state index in [1.807, 2.05) is 13.8 Å². The van der Waals surface area contributed by atoms with Crippen molar-refractivity contribution in [2.24, 2.45) is 40.4 Å². The van der Waals surface area contributed by atoms with Gasteiger partial charge in [0.05, 0.1) is 25.9 Å². The second-order valence-electron chi connectivity index (χ2n) is 14.4. The third-order valence-corrected chi connectivity index (χ3v) is 12.0. The van der Waals surface area contributed by atoms with Crippen LogP contribution in [-0.4, -0.2) is 69.5 Å². The Balaban J connectivity index is 1.56. The van der Waals surface area contributed by atoms with Crippen LogP contribution >= 0.6 is 0 Å². The van der Waals surface area contributed by atoms with Crippen LogP contribution in [0.2, 0.25) is 0 Å². The molecule has 0 radical (unpaired) electrons. The summed E-state index contributed by atoms with van der Waals surface area (Å²) in [5.41, 5.74) is 1.66. The lowest BCUT2D eigenvalue weighted by Crippen LogP contribution is -2.54. The normalized spacial score (nSPS) is 35.6. The number of ether oxygens (including phenoxy) is 6. The van der Waals surface area contributed by atoms with Gasteiger partial charge < -0.3 is 33.5 Å². The molecule has 4 aliphatic rings. The molecular formula is C34H54O9. The quantitative estimate of drug-likeness (QED) is 0.212. The van der Waals surface area contributed by atoms with Gasteiger partial charge in [0.25, 0.3) is 0 Å². The minimum absolute atomic E-state index is 0.147. The molecule has 0 unspecified atom stereocenters. The Morgan fingerprint density at radius 2 is 1.67 bits per heavy atom. The second-order valence-corrected chi connectivity index (χ2v) is 14.4. The number of methoxy groups -OCH3 is 3. The van der Waals surface area contributed by atoms with Crippen LogP contribution in [0.3, 0.4) is 0 Å². The molecule has 10 atom stereocenters. The molecule has 0 amide bonds. The van der Waals surface area contributed by atoms with E-state index in [1.54, 1.807) is 7.11 Å². The number of hydrogen-bond donors (Lipinski definition) is 1. The first-order valence-corrected chi connectivity index (χ1v) is 15.9. The Morgan fingerprint density at radius 3 is 2.33 bits per heavy atom. The number of hydrogen-bond acceptors (Lipinski definition) is 9. The fourth-order valence-electron chi connectivity index (χ4n) is 9.07. The average molecular weight is 607 g/mol. The van der Waals surface area contributed by atoms with Gasteiger partial charge in [-0.25, -0.2) is 9.59 Å². The molecule has 0 saturated heterocycles. The highest BCUT2D eigenvalue weighted by Crippen LogP contribution is 2.66. The largest absolute Gasteiger partial charge is 0.508 e. The number of aliphatic hydroxyl groups excluding tert-OH is 1. The summed E-state index contributed by atoms with van der Waals surface area (Å²) in [6, 6.07) is 0. The standard InChI is InChI=1S/C34H54O9/c1-20(16-28(35)32(3,4)41-19-38-7)21(2)25-12-13-26-24-11-10-22-17-23(42-30(36)39-8)18-29(43-31(37)40-9)34(22,6)27(24)14-15-33(25,26)5/h10-11,20-21,23,25-29,35H,12-19H2,1-9H3/t20-,21-,23-,25-,26+,27+,28+,29+,33-,34+/m1/s1. The van der Waals surface area contributed by atoms with Gasteiger partial charge in [0.15, 0.2) is 0 Å². The molecular weight excluding hydrogens is 552 g/mol. The molecule has 0 spiro atoms. The lowest BCUT2D eigenvalue weighted by molar-refractivity contribution is -0.164. The first-order chi connectivity index (χ1) is 20.2. The van der Waals surface area contributed by atoms with Gasteiger partial charge >= 0.3 is 12.3 Å². The van der Waals surface area contributed by atoms with Crippen molar-refractivity contribution in [3.8, 4) is 0 Å². The molecule has 3 fully saturated rings. The Hall–Kier alpha value is -2.10. The fraction of sp³-hybridized carbons (Fsp3) is 0.824. The molecule has 4 rings (SSSR count). The molecule has 244 valence electrons. The lowest BCUT2D eigenvalue weighted by atomic mass is 9.49. The van der Waals surface area contributed by atoms with E-state index in [1.165, 1.54) is 19.8 Å². The van der Waals surface area contributed by atoms with E-state index < -0.39 is 41.6 Å². The highest BCUT2D eigenvalue weighted by Gasteiger charge is 2.60. The SMILES string of the molecule is COCOC(C)(C)[C@@H](O)C[C@@H](C)[C@@H](C)[C@H]1CC[C@H]2C3=CC=C4C[C@@H](OC(=O)OC)C[C@H](OC(=O)OC)[C@]4(C)[C@H]3CC[C@]12C. The van der Waals surface area contributed by atoms with E-state index in [2.05, 4.69) is 39.8 Å². The van der Waals surface area contributed by atoms with E-state index in [0.29, 0.717) is 42.9 Å². The molecule has 9 heteroatoms. The number of fused-ring (bicyclic) bond motifs is 5. The minimum atomic E-state index is -0.731. The van der Waals surface area contributed by atoms with Crippen molar-refractivity contribution >= 4 is 12.3 Å². The summed E-state index contributed by atoms with van der Waals surface area (Å²) >= 11 is 0. The van der Waals surface area contributed by atoms with Gasteiger partial charge in [-0.2, -0.15) is 0 Å². The molecule has 0 aromatic rings. The summed E-state index contributed by atoms with van der Waals surface area (Å²) < 4.78 is 32.0. The Labute approximate surface area is 257 Å². The highest BCUT2D eigenvalue weighted by molar-refractivity contribution is 5.61. The number of rotatable bonds is 10. The summed E-state index contributed by atoms with van der Waals surface area (Å²) in [6.07, 6.45) is 7.55. The molecule has 0 aliphatic heterocycles. The van der Waals surface area contributed by atoms with Gasteiger partial charge in [0, 0.05) is 25.4 Å². The number of allylic oxidation sites excluding steroid dienone is 3. The summed E-state index contributed by atoms with van der Waals surface area (Å²) in [5.74, 6) is 1.97. The first-order valence-electron chi connectivity index (χ1n) is 15.9. The van der Waals surface area contributed by atoms with Gasteiger partial charge in [-0.1, -0.05) is 51.0 Å². The molecule has 1 N–H and O–H groups in total. The minimum Gasteiger partial charge on any atom is -0.438 e. The third kappa shape index (κ3) is 6.36. The zero-order valence-corrected chi connectivity index (χ0v) is 27.6. The van der Waals surface area contributed by atoms with E-state index in [-0.39, 0.29) is 18.1 Å². The van der Waals surface area contributed by atoms with E-state index >= 15 is 0 Å². The second kappa shape index (κ2) is 13.1. The number of carbonyl (C=O) groups is 2. The summed E-state index contributed by atoms with van der Waals surface area (Å²) in [4.78, 5) is 24.3. The Morgan fingerprint density at radius 1 is 1.00 bits per heavy atom. The maximum atomic E-state index is 12.4. The van der Waals surface area contributed by atoms with Gasteiger partial charge in [0.2, 0.25) is 0 Å². The molecule has 43 heavy (non-hydrogen) atoms. The van der Waals surface area contributed by atoms with Crippen molar-refractivity contribution in [1.29, 1.82) is 0 Å². The van der Waals surface area contributed by atoms with Crippen LogP contribution in [0.5, 0.6) is 0 Å². The van der Waals surface area contributed by atoms with Crippen molar-refractivity contribution in [1.82, 2.24) is 0 Å². The molecule has 0 bridgehead atoms. The molecule has 0 heterocycles. The smallest absolute Gasteiger partial charge is 0.438 e. The summed E-state index contributed by atoms with van der Waals surface area (Å²) in [5, 5.41) is 11.1. The number of aliphatic hydroxyl groups is 1. The zero-order valence-electron chi connectivity index (χ0n) is 27.6. The van der Waals surface area contributed by atoms with Gasteiger partial charge in [0.1, 0.15) is 19.0 Å². The van der Waals surface area contributed by atoms with Crippen molar-refractivity contribution in [3.63, 3.8) is 0 Å². The van der Waals surface area contributed by atoms with Crippen molar-refractivity contribution in [2.75, 3.05) is 28.1 Å². The predicted octanol–water partition coefficient (Wildman–Crippen LogP) is 6.82. The van der Waals surface area contributed by atoms with Gasteiger partial charge in [-0.05, 0) is 81.0 Å². The molecule has 0 aromatic carbocycles. The van der Waals surface area contributed by atoms with Crippen LogP contribution in [0, 0.1) is 40.4 Å². The molecule has 9 nitrogen and oxygen atoms in total. The van der Waals surface area contributed by atoms with Crippen molar-refractivity contribution in [3.05, 3.63) is 23.3 Å². The van der Waals surface area contributed by atoms with Crippen LogP contribution in [0.4, 0.5) is 9.59 Å². The zero-order chi connectivity index (χ0) is 31.7. The van der Waals surface area contributed by atoms with Crippen LogP contribution in [0.1, 0.15) is 86.5 Å². The highest BCUT2D eigenvalue weighted by atomic mass is 16.7. The maximum Gasteiger partial charge on any atom is 0.508 e. The molecule has 0 aromatic heterocycles. The average Bonchev–Trinajstić information content (AvgIpc) is 3.33. The van der Waals surface area contributed by atoms with Crippen LogP contribution < -0.4 is 0 Å². The lowest BCUT2D eigenvalue weighted by Gasteiger charge is -2.57. The Kier molecular flexibility index (Phi) is 10.3. The summed E-state index contributed by atoms with van der Waals surface area (Å²) in [6.45, 7) is 13.3. The predicted molar refractivity (Wildman–Crippen MR) is 161 cm³/mol. The van der Waals surface area contributed by atoms with Gasteiger partial charge in [-0.15, -0.1) is 0 Å². The third-order valence-electron chi connectivity index (χ3n) is 12.0. The maximum absolute atomic E-state index is 12.4. The first kappa shape index (κ1) is 33.8. The van der Waals surface area contributed by atoms with Crippen LogP contribution in [-0.2, 0) is 28.4 Å². The van der Waals surface area contributed by atoms with Crippen LogP contribution in [0.15, 0.2) is 23.3 Å². The summed E-state index contributed by atoms with van der Waals surface area (Å²) in [7, 11) is 4.20. The van der Waals surface area contributed by atoms with Crippen LogP contribution in [0.25, 0.3) is 0 Å². The molecule has 4 aliphatic carbocycles. The van der Waals surface area contributed by atoms with Gasteiger partial charge in [-0.3, -0.25) is 0 Å². The van der Waals surface area contributed by atoms with E-state index in [4.69, 9.17) is 28.4 Å². The van der Waals surface area contributed by atoms with E-state index in [9.17, 15) is 14.7 Å². The van der Waals surface area contributed by atoms with Crippen molar-refractivity contribution < 1.29 is 43.1 Å².